The van der Waals surface area contributed by atoms with Crippen LogP contribution in [0.3, 0.4) is 0 Å². The lowest BCUT2D eigenvalue weighted by Gasteiger charge is -2.04. The summed E-state index contributed by atoms with van der Waals surface area (Å²) in [7, 11) is 1.92. The highest BCUT2D eigenvalue weighted by molar-refractivity contribution is 7.08. The molecular formula is C12H16ClN3OS. The fourth-order valence-corrected chi connectivity index (χ4v) is 1.96. The minimum absolute atomic E-state index is 0. The summed E-state index contributed by atoms with van der Waals surface area (Å²) in [4.78, 5) is 4.30. The van der Waals surface area contributed by atoms with Gasteiger partial charge in [-0.1, -0.05) is 5.16 Å². The van der Waals surface area contributed by atoms with E-state index in [9.17, 15) is 0 Å². The summed E-state index contributed by atoms with van der Waals surface area (Å²) in [5, 5.41) is 11.2. The Kier molecular flexibility index (Phi) is 6.04. The monoisotopic (exact) mass is 285 g/mol. The molecule has 1 atom stereocenters. The molecule has 0 radical (unpaired) electrons. The van der Waals surface area contributed by atoms with Crippen LogP contribution in [0.25, 0.3) is 12.2 Å². The molecule has 0 aliphatic carbocycles. The highest BCUT2D eigenvalue weighted by Crippen LogP contribution is 2.10. The number of nitrogens with one attached hydrogen (secondary N) is 1. The molecule has 0 saturated heterocycles. The molecular weight excluding hydrogens is 270 g/mol. The van der Waals surface area contributed by atoms with E-state index in [1.54, 1.807) is 11.3 Å². The van der Waals surface area contributed by atoms with Crippen LogP contribution >= 0.6 is 23.7 Å². The fourth-order valence-electron chi connectivity index (χ4n) is 1.33. The molecule has 0 spiro atoms. The van der Waals surface area contributed by atoms with Crippen LogP contribution in [0.15, 0.2) is 21.3 Å². The molecule has 0 aliphatic heterocycles. The third kappa shape index (κ3) is 4.25. The smallest absolute Gasteiger partial charge is 0.250 e. The van der Waals surface area contributed by atoms with Crippen molar-refractivity contribution < 1.29 is 4.52 Å². The van der Waals surface area contributed by atoms with Gasteiger partial charge in [0.25, 0.3) is 5.89 Å². The number of aromatic nitrogens is 2. The molecule has 2 aromatic heterocycles. The first-order valence-electron chi connectivity index (χ1n) is 5.48. The van der Waals surface area contributed by atoms with Gasteiger partial charge in [-0.2, -0.15) is 16.3 Å². The van der Waals surface area contributed by atoms with Gasteiger partial charge in [-0.05, 0) is 42.4 Å². The summed E-state index contributed by atoms with van der Waals surface area (Å²) < 4.78 is 5.14. The molecule has 1 unspecified atom stereocenters. The number of hydrogen-bond donors (Lipinski definition) is 1. The Morgan fingerprint density at radius 1 is 1.50 bits per heavy atom. The predicted molar refractivity (Wildman–Crippen MR) is 77.0 cm³/mol. The van der Waals surface area contributed by atoms with Gasteiger partial charge in [-0.15, -0.1) is 12.4 Å². The molecule has 0 aromatic carbocycles. The normalized spacial score (nSPS) is 12.6. The largest absolute Gasteiger partial charge is 0.335 e. The summed E-state index contributed by atoms with van der Waals surface area (Å²) >= 11 is 1.67. The van der Waals surface area contributed by atoms with Crippen LogP contribution in [0.5, 0.6) is 0 Å². The maximum absolute atomic E-state index is 5.14. The van der Waals surface area contributed by atoms with Gasteiger partial charge >= 0.3 is 0 Å². The van der Waals surface area contributed by atoms with E-state index in [-0.39, 0.29) is 12.4 Å². The van der Waals surface area contributed by atoms with Crippen molar-refractivity contribution in [3.63, 3.8) is 0 Å². The van der Waals surface area contributed by atoms with Gasteiger partial charge < -0.3 is 9.84 Å². The molecule has 0 fully saturated rings. The standard InChI is InChI=1S/C12H15N3OS.ClH/c1-9(13-2)7-11-14-12(16-15-11)4-3-10-5-6-17-8-10;/h3-6,8-9,13H,7H2,1-2H3;1H/b4-3+;. The minimum atomic E-state index is 0. The van der Waals surface area contributed by atoms with Crippen molar-refractivity contribution in [1.82, 2.24) is 15.5 Å². The van der Waals surface area contributed by atoms with E-state index in [0.717, 1.165) is 17.8 Å². The van der Waals surface area contributed by atoms with Crippen LogP contribution in [-0.2, 0) is 6.42 Å². The molecule has 2 heterocycles. The van der Waals surface area contributed by atoms with E-state index < -0.39 is 0 Å². The Morgan fingerprint density at radius 2 is 2.33 bits per heavy atom. The second-order valence-corrected chi connectivity index (χ2v) is 4.61. The van der Waals surface area contributed by atoms with E-state index in [4.69, 9.17) is 4.52 Å². The molecule has 18 heavy (non-hydrogen) atoms. The van der Waals surface area contributed by atoms with Crippen LogP contribution in [0.1, 0.15) is 24.2 Å². The van der Waals surface area contributed by atoms with E-state index in [1.165, 1.54) is 0 Å². The molecule has 0 amide bonds. The second-order valence-electron chi connectivity index (χ2n) is 3.83. The highest BCUT2D eigenvalue weighted by Gasteiger charge is 2.07. The lowest BCUT2D eigenvalue weighted by molar-refractivity contribution is 0.400. The molecule has 0 saturated carbocycles. The average molecular weight is 286 g/mol. The maximum Gasteiger partial charge on any atom is 0.250 e. The number of thiophene rings is 1. The van der Waals surface area contributed by atoms with Crippen molar-refractivity contribution in [2.24, 2.45) is 0 Å². The first-order chi connectivity index (χ1) is 8.28. The van der Waals surface area contributed by atoms with Gasteiger partial charge in [0.1, 0.15) is 0 Å². The minimum Gasteiger partial charge on any atom is -0.335 e. The molecule has 98 valence electrons. The summed E-state index contributed by atoms with van der Waals surface area (Å²) in [6.07, 6.45) is 4.57. The van der Waals surface area contributed by atoms with E-state index >= 15 is 0 Å². The van der Waals surface area contributed by atoms with Crippen molar-refractivity contribution in [1.29, 1.82) is 0 Å². The van der Waals surface area contributed by atoms with E-state index in [2.05, 4.69) is 27.8 Å². The quantitative estimate of drug-likeness (QED) is 0.918. The first kappa shape index (κ1) is 14.9. The summed E-state index contributed by atoms with van der Waals surface area (Å²) in [6.45, 7) is 2.08. The number of halogens is 1. The Balaban J connectivity index is 0.00000162. The Morgan fingerprint density at radius 3 is 3.00 bits per heavy atom. The molecule has 0 bridgehead atoms. The van der Waals surface area contributed by atoms with E-state index in [1.807, 2.05) is 30.6 Å². The summed E-state index contributed by atoms with van der Waals surface area (Å²) in [5.74, 6) is 1.28. The lowest BCUT2D eigenvalue weighted by atomic mass is 10.2. The van der Waals surface area contributed by atoms with Crippen LogP contribution in [0.2, 0.25) is 0 Å². The highest BCUT2D eigenvalue weighted by atomic mass is 35.5. The SMILES string of the molecule is CNC(C)Cc1noc(/C=C/c2ccsc2)n1.Cl. The van der Waals surface area contributed by atoms with Gasteiger partial charge in [0.15, 0.2) is 5.82 Å². The Labute approximate surface area is 117 Å². The third-order valence-electron chi connectivity index (χ3n) is 2.43. The fraction of sp³-hybridized carbons (Fsp3) is 0.333. The first-order valence-corrected chi connectivity index (χ1v) is 6.42. The van der Waals surface area contributed by atoms with Gasteiger partial charge in [-0.25, -0.2) is 0 Å². The predicted octanol–water partition coefficient (Wildman–Crippen LogP) is 2.87. The molecule has 6 heteroatoms. The second kappa shape index (κ2) is 7.31. The molecule has 1 N–H and O–H groups in total. The van der Waals surface area contributed by atoms with Crippen molar-refractivity contribution >= 4 is 35.9 Å². The van der Waals surface area contributed by atoms with Gasteiger partial charge in [0.05, 0.1) is 0 Å². The Hall–Kier alpha value is -1.17. The lowest BCUT2D eigenvalue weighted by Crippen LogP contribution is -2.24. The number of hydrogen-bond acceptors (Lipinski definition) is 5. The summed E-state index contributed by atoms with van der Waals surface area (Å²) in [5.41, 5.74) is 1.15. The van der Waals surface area contributed by atoms with Crippen molar-refractivity contribution in [2.45, 2.75) is 19.4 Å². The van der Waals surface area contributed by atoms with Gasteiger partial charge in [-0.3, -0.25) is 0 Å². The van der Waals surface area contributed by atoms with Crippen LogP contribution in [0.4, 0.5) is 0 Å². The molecule has 2 rings (SSSR count). The molecule has 2 aromatic rings. The maximum atomic E-state index is 5.14. The van der Waals surface area contributed by atoms with Crippen molar-refractivity contribution in [3.8, 4) is 0 Å². The average Bonchev–Trinajstić information content (AvgIpc) is 2.97. The topological polar surface area (TPSA) is 51.0 Å². The number of likely N-dealkylation sites (N-methyl/N-ethyl adjacent to an activating group) is 1. The summed E-state index contributed by atoms with van der Waals surface area (Å²) in [6, 6.07) is 2.39. The Bertz CT molecular complexity index is 481. The zero-order chi connectivity index (χ0) is 12.1. The molecule has 0 aliphatic rings. The van der Waals surface area contributed by atoms with Crippen LogP contribution in [-0.4, -0.2) is 23.2 Å². The number of nitrogens with zero attached hydrogens (tertiary/aromatic N) is 2. The van der Waals surface area contributed by atoms with E-state index in [0.29, 0.717) is 11.9 Å². The number of rotatable bonds is 5. The third-order valence-corrected chi connectivity index (χ3v) is 3.13. The van der Waals surface area contributed by atoms with Gasteiger partial charge in [0, 0.05) is 18.5 Å². The van der Waals surface area contributed by atoms with Crippen LogP contribution < -0.4 is 5.32 Å². The zero-order valence-corrected chi connectivity index (χ0v) is 11.9. The molecule has 4 nitrogen and oxygen atoms in total. The van der Waals surface area contributed by atoms with Crippen molar-refractivity contribution in [3.05, 3.63) is 34.1 Å². The van der Waals surface area contributed by atoms with Crippen molar-refractivity contribution in [2.75, 3.05) is 7.05 Å². The van der Waals surface area contributed by atoms with Gasteiger partial charge in [0.2, 0.25) is 0 Å². The zero-order valence-electron chi connectivity index (χ0n) is 10.3. The van der Waals surface area contributed by atoms with Crippen LogP contribution in [0, 0.1) is 0 Å².